The summed E-state index contributed by atoms with van der Waals surface area (Å²) in [6.45, 7) is 5.21. The molecule has 2 heterocycles. The van der Waals surface area contributed by atoms with Crippen LogP contribution in [0, 0.1) is 0 Å². The van der Waals surface area contributed by atoms with Gasteiger partial charge in [0, 0.05) is 6.54 Å². The molecule has 1 atom stereocenters. The zero-order valence-electron chi connectivity index (χ0n) is 17.4. The first-order valence-electron chi connectivity index (χ1n) is 10.1. The van der Waals surface area contributed by atoms with Crippen molar-refractivity contribution in [1.29, 1.82) is 0 Å². The van der Waals surface area contributed by atoms with E-state index in [0.29, 0.717) is 26.2 Å². The van der Waals surface area contributed by atoms with E-state index in [4.69, 9.17) is 14.5 Å². The van der Waals surface area contributed by atoms with Crippen molar-refractivity contribution in [2.45, 2.75) is 26.1 Å². The Balaban J connectivity index is 0.00000272. The smallest absolute Gasteiger partial charge is 0.191 e. The molecule has 0 amide bonds. The summed E-state index contributed by atoms with van der Waals surface area (Å²) < 4.78 is 13.6. The van der Waals surface area contributed by atoms with Crippen molar-refractivity contribution in [2.75, 3.05) is 19.7 Å². The lowest BCUT2D eigenvalue weighted by Gasteiger charge is -2.27. The molecule has 4 rings (SSSR count). The van der Waals surface area contributed by atoms with Crippen LogP contribution in [0.25, 0.3) is 0 Å². The number of benzene rings is 2. The van der Waals surface area contributed by atoms with Crippen molar-refractivity contribution in [2.24, 2.45) is 4.99 Å². The van der Waals surface area contributed by atoms with Crippen LogP contribution in [0.3, 0.4) is 0 Å². The molecule has 0 spiro atoms. The topological polar surface area (TPSA) is 85.6 Å². The van der Waals surface area contributed by atoms with Gasteiger partial charge >= 0.3 is 0 Å². The molecule has 0 fully saturated rings. The summed E-state index contributed by atoms with van der Waals surface area (Å²) in [5.74, 6) is 2.32. The molecule has 2 N–H and O–H groups in total. The number of fused-ring (bicyclic) bond motifs is 1. The van der Waals surface area contributed by atoms with Crippen molar-refractivity contribution in [3.05, 3.63) is 72.3 Å². The minimum Gasteiger partial charge on any atom is -0.486 e. The fraction of sp³-hybridized carbons (Fsp3) is 0.318. The van der Waals surface area contributed by atoms with E-state index in [9.17, 15) is 0 Å². The van der Waals surface area contributed by atoms with Gasteiger partial charge in [0.15, 0.2) is 17.5 Å². The normalized spacial score (nSPS) is 15.1. The minimum absolute atomic E-state index is 0. The molecule has 1 aliphatic heterocycles. The highest BCUT2D eigenvalue weighted by molar-refractivity contribution is 14.0. The van der Waals surface area contributed by atoms with Gasteiger partial charge < -0.3 is 20.1 Å². The third-order valence-electron chi connectivity index (χ3n) is 4.63. The van der Waals surface area contributed by atoms with Gasteiger partial charge in [-0.2, -0.15) is 5.10 Å². The van der Waals surface area contributed by atoms with Gasteiger partial charge in [-0.1, -0.05) is 36.4 Å². The standard InChI is InChI=1S/C22H26N6O2.HI/c1-2-24-22(26-12-19-14-29-20-8-3-4-9-21(20)30-19)25-11-17-6-5-7-18(10-17)13-28-16-23-15-27-28;/h3-10,15-16,19H,2,11-14H2,1H3,(H2,24,25,26);1H. The number of aliphatic imine (C=N–C) groups is 1. The Morgan fingerprint density at radius 3 is 2.77 bits per heavy atom. The summed E-state index contributed by atoms with van der Waals surface area (Å²) >= 11 is 0. The largest absolute Gasteiger partial charge is 0.486 e. The highest BCUT2D eigenvalue weighted by Gasteiger charge is 2.20. The first kappa shape index (κ1) is 22.9. The van der Waals surface area contributed by atoms with Crippen molar-refractivity contribution in [3.63, 3.8) is 0 Å². The van der Waals surface area contributed by atoms with Gasteiger partial charge in [0.05, 0.1) is 19.6 Å². The van der Waals surface area contributed by atoms with Crippen molar-refractivity contribution in [1.82, 2.24) is 25.4 Å². The van der Waals surface area contributed by atoms with Gasteiger partial charge in [-0.15, -0.1) is 24.0 Å². The number of nitrogens with zero attached hydrogens (tertiary/aromatic N) is 4. The molecule has 1 unspecified atom stereocenters. The summed E-state index contributed by atoms with van der Waals surface area (Å²) in [7, 11) is 0. The Hall–Kier alpha value is -2.82. The van der Waals surface area contributed by atoms with Gasteiger partial charge in [-0.05, 0) is 30.2 Å². The molecule has 1 aromatic heterocycles. The molecule has 164 valence electrons. The predicted molar refractivity (Wildman–Crippen MR) is 130 cm³/mol. The Labute approximate surface area is 199 Å². The van der Waals surface area contributed by atoms with Crippen molar-refractivity contribution in [3.8, 4) is 11.5 Å². The first-order valence-corrected chi connectivity index (χ1v) is 10.1. The Morgan fingerprint density at radius 1 is 1.13 bits per heavy atom. The zero-order valence-corrected chi connectivity index (χ0v) is 19.7. The molecule has 31 heavy (non-hydrogen) atoms. The van der Waals surface area contributed by atoms with Gasteiger partial charge in [-0.3, -0.25) is 0 Å². The third-order valence-corrected chi connectivity index (χ3v) is 4.63. The highest BCUT2D eigenvalue weighted by atomic mass is 127. The van der Waals surface area contributed by atoms with Crippen LogP contribution in [0.1, 0.15) is 18.1 Å². The average molecular weight is 534 g/mol. The number of aromatic nitrogens is 3. The molecule has 1 aliphatic rings. The number of para-hydroxylation sites is 2. The van der Waals surface area contributed by atoms with Crippen LogP contribution >= 0.6 is 24.0 Å². The lowest BCUT2D eigenvalue weighted by molar-refractivity contribution is 0.0936. The molecule has 0 aliphatic carbocycles. The van der Waals surface area contributed by atoms with E-state index in [-0.39, 0.29) is 30.1 Å². The minimum atomic E-state index is -0.0743. The lowest BCUT2D eigenvalue weighted by atomic mass is 10.1. The maximum atomic E-state index is 6.01. The van der Waals surface area contributed by atoms with Crippen LogP contribution in [-0.2, 0) is 13.1 Å². The van der Waals surface area contributed by atoms with E-state index in [1.165, 1.54) is 0 Å². The molecule has 0 saturated heterocycles. The van der Waals surface area contributed by atoms with E-state index >= 15 is 0 Å². The monoisotopic (exact) mass is 534 g/mol. The van der Waals surface area contributed by atoms with Crippen molar-refractivity contribution >= 4 is 29.9 Å². The predicted octanol–water partition coefficient (Wildman–Crippen LogP) is 2.84. The molecule has 8 nitrogen and oxygen atoms in total. The maximum Gasteiger partial charge on any atom is 0.191 e. The maximum absolute atomic E-state index is 6.01. The molecule has 9 heteroatoms. The number of guanidine groups is 1. The summed E-state index contributed by atoms with van der Waals surface area (Å²) in [6.07, 6.45) is 3.19. The Kier molecular flexibility index (Phi) is 8.51. The van der Waals surface area contributed by atoms with Gasteiger partial charge in [0.2, 0.25) is 0 Å². The molecule has 2 aromatic carbocycles. The zero-order chi connectivity index (χ0) is 20.6. The van der Waals surface area contributed by atoms with Crippen LogP contribution in [0.4, 0.5) is 0 Å². The number of halogens is 1. The van der Waals surface area contributed by atoms with E-state index in [0.717, 1.165) is 35.1 Å². The molecule has 0 saturated carbocycles. The fourth-order valence-electron chi connectivity index (χ4n) is 3.21. The van der Waals surface area contributed by atoms with Crippen LogP contribution < -0.4 is 20.1 Å². The lowest BCUT2D eigenvalue weighted by Crippen LogP contribution is -2.45. The van der Waals surface area contributed by atoms with Gasteiger partial charge in [0.25, 0.3) is 0 Å². The number of rotatable bonds is 7. The molecular weight excluding hydrogens is 507 g/mol. The van der Waals surface area contributed by atoms with Crippen molar-refractivity contribution < 1.29 is 9.47 Å². The summed E-state index contributed by atoms with van der Waals surface area (Å²) in [6, 6.07) is 16.1. The number of ether oxygens (including phenoxy) is 2. The Morgan fingerprint density at radius 2 is 1.97 bits per heavy atom. The van der Waals surface area contributed by atoms with E-state index in [1.54, 1.807) is 17.3 Å². The van der Waals surface area contributed by atoms with Crippen LogP contribution in [0.15, 0.2) is 66.2 Å². The van der Waals surface area contributed by atoms with Crippen LogP contribution in [-0.4, -0.2) is 46.5 Å². The molecule has 3 aromatic rings. The number of hydrogen-bond acceptors (Lipinski definition) is 5. The van der Waals surface area contributed by atoms with Crippen LogP contribution in [0.2, 0.25) is 0 Å². The second-order valence-electron chi connectivity index (χ2n) is 6.99. The first-order chi connectivity index (χ1) is 14.8. The molecular formula is C22H27IN6O2. The fourth-order valence-corrected chi connectivity index (χ4v) is 3.21. The SMILES string of the molecule is CCNC(=NCc1cccc(Cn2cncn2)c1)NCC1COc2ccccc2O1.I. The van der Waals surface area contributed by atoms with Crippen LogP contribution in [0.5, 0.6) is 11.5 Å². The number of nitrogens with one attached hydrogen (secondary N) is 2. The molecule has 0 bridgehead atoms. The quantitative estimate of drug-likeness (QED) is 0.276. The second kappa shape index (κ2) is 11.5. The summed E-state index contributed by atoms with van der Waals surface area (Å²) in [4.78, 5) is 8.70. The van der Waals surface area contributed by atoms with Gasteiger partial charge in [0.1, 0.15) is 25.4 Å². The van der Waals surface area contributed by atoms with E-state index in [1.807, 2.05) is 37.3 Å². The van der Waals surface area contributed by atoms with E-state index in [2.05, 4.69) is 38.9 Å². The highest BCUT2D eigenvalue weighted by Crippen LogP contribution is 2.30. The Bertz CT molecular complexity index is 980. The summed E-state index contributed by atoms with van der Waals surface area (Å²) in [5.41, 5.74) is 2.30. The number of hydrogen-bond donors (Lipinski definition) is 2. The average Bonchev–Trinajstić information content (AvgIpc) is 3.29. The third kappa shape index (κ3) is 6.58. The summed E-state index contributed by atoms with van der Waals surface area (Å²) in [5, 5.41) is 10.8. The van der Waals surface area contributed by atoms with E-state index < -0.39 is 0 Å². The molecule has 0 radical (unpaired) electrons. The second-order valence-corrected chi connectivity index (χ2v) is 6.99. The van der Waals surface area contributed by atoms with Gasteiger partial charge in [-0.25, -0.2) is 14.7 Å².